The standard InChI is InChI=1S/C25H25N5O4/c1-11(2)18-23-30-19(21(27)31)20(34-23)25-13-5-3-4-6-16(13)28-24(25)33-17-8-7-12(9-14(17)25)10-15(26)22(32)29-18/h3-9,11,15,18,24,28H,10,26H2,1-2H3,(H2,27,31)(H,29,32)/t15-,18-,24?,25?/m0/s1. The molecule has 4 bridgehead atoms. The molecule has 0 radical (unpaired) electrons. The van der Waals surface area contributed by atoms with Gasteiger partial charge < -0.3 is 31.3 Å². The number of fused-ring (bicyclic) bond motifs is 4. The van der Waals surface area contributed by atoms with Gasteiger partial charge in [0.05, 0.1) is 6.04 Å². The minimum absolute atomic E-state index is 0.0174. The quantitative estimate of drug-likeness (QED) is 0.458. The molecular weight excluding hydrogens is 434 g/mol. The molecule has 34 heavy (non-hydrogen) atoms. The summed E-state index contributed by atoms with van der Waals surface area (Å²) in [6, 6.07) is 12.2. The molecule has 9 nitrogen and oxygen atoms in total. The summed E-state index contributed by atoms with van der Waals surface area (Å²) in [5.41, 5.74) is 14.6. The number of nitrogens with one attached hydrogen (secondary N) is 2. The van der Waals surface area contributed by atoms with Gasteiger partial charge in [-0.1, -0.05) is 44.2 Å². The van der Waals surface area contributed by atoms with E-state index in [2.05, 4.69) is 15.6 Å². The molecule has 1 spiro atoms. The van der Waals surface area contributed by atoms with E-state index in [0.29, 0.717) is 17.9 Å². The molecule has 1 aromatic heterocycles. The normalized spacial score (nSPS) is 26.5. The van der Waals surface area contributed by atoms with Crippen LogP contribution in [0.5, 0.6) is 5.75 Å². The number of hydrogen-bond donors (Lipinski definition) is 4. The number of aromatic nitrogens is 1. The van der Waals surface area contributed by atoms with E-state index in [4.69, 9.17) is 20.6 Å². The number of rotatable bonds is 2. The van der Waals surface area contributed by atoms with E-state index in [-0.39, 0.29) is 23.4 Å². The average Bonchev–Trinajstić information content (AvgIpc) is 3.45. The highest BCUT2D eigenvalue weighted by Gasteiger charge is 2.61. The first-order valence-electron chi connectivity index (χ1n) is 11.3. The van der Waals surface area contributed by atoms with Gasteiger partial charge in [0.1, 0.15) is 17.2 Å². The molecule has 0 aliphatic carbocycles. The molecular formula is C25H25N5O4. The molecule has 6 N–H and O–H groups in total. The molecule has 6 rings (SSSR count). The summed E-state index contributed by atoms with van der Waals surface area (Å²) in [5, 5.41) is 6.39. The number of oxazole rings is 1. The zero-order chi connectivity index (χ0) is 23.8. The molecule has 4 heterocycles. The van der Waals surface area contributed by atoms with Crippen molar-refractivity contribution in [3.05, 3.63) is 76.5 Å². The average molecular weight is 460 g/mol. The molecule has 2 unspecified atom stereocenters. The van der Waals surface area contributed by atoms with Crippen molar-refractivity contribution in [2.24, 2.45) is 17.4 Å². The van der Waals surface area contributed by atoms with Gasteiger partial charge in [-0.15, -0.1) is 0 Å². The van der Waals surface area contributed by atoms with Gasteiger partial charge in [-0.25, -0.2) is 4.98 Å². The highest BCUT2D eigenvalue weighted by Crippen LogP contribution is 2.58. The topological polar surface area (TPSA) is 146 Å². The second kappa shape index (κ2) is 7.07. The smallest absolute Gasteiger partial charge is 0.271 e. The predicted octanol–water partition coefficient (Wildman–Crippen LogP) is 1.95. The van der Waals surface area contributed by atoms with Crippen LogP contribution in [0.3, 0.4) is 0 Å². The lowest BCUT2D eigenvalue weighted by Crippen LogP contribution is -2.45. The largest absolute Gasteiger partial charge is 0.469 e. The first-order valence-corrected chi connectivity index (χ1v) is 11.3. The third-order valence-electron chi connectivity index (χ3n) is 7.00. The monoisotopic (exact) mass is 459 g/mol. The number of carbonyl (C=O) groups is 2. The van der Waals surface area contributed by atoms with Crippen LogP contribution in [-0.2, 0) is 16.6 Å². The van der Waals surface area contributed by atoms with E-state index in [1.165, 1.54) is 0 Å². The maximum absolute atomic E-state index is 12.9. The molecule has 3 aliphatic heterocycles. The van der Waals surface area contributed by atoms with Crippen LogP contribution < -0.4 is 26.8 Å². The Morgan fingerprint density at radius 2 is 1.97 bits per heavy atom. The first kappa shape index (κ1) is 20.7. The van der Waals surface area contributed by atoms with Crippen LogP contribution in [0.1, 0.15) is 58.7 Å². The zero-order valence-corrected chi connectivity index (χ0v) is 18.8. The van der Waals surface area contributed by atoms with Gasteiger partial charge in [-0.2, -0.15) is 0 Å². The number of para-hydroxylation sites is 1. The Labute approximate surface area is 195 Å². The van der Waals surface area contributed by atoms with E-state index in [1.807, 2.05) is 56.3 Å². The third kappa shape index (κ3) is 2.67. The van der Waals surface area contributed by atoms with Crippen molar-refractivity contribution < 1.29 is 18.7 Å². The fraction of sp³-hybridized carbons (Fsp3) is 0.320. The second-order valence-corrected chi connectivity index (χ2v) is 9.46. The highest BCUT2D eigenvalue weighted by atomic mass is 16.5. The number of anilines is 1. The van der Waals surface area contributed by atoms with Gasteiger partial charge >= 0.3 is 0 Å². The maximum Gasteiger partial charge on any atom is 0.271 e. The Bertz CT molecular complexity index is 1350. The van der Waals surface area contributed by atoms with Crippen molar-refractivity contribution in [3.8, 4) is 5.75 Å². The van der Waals surface area contributed by atoms with Gasteiger partial charge in [0.2, 0.25) is 11.8 Å². The molecule has 9 heteroatoms. The van der Waals surface area contributed by atoms with Crippen LogP contribution in [0, 0.1) is 5.92 Å². The number of amides is 2. The summed E-state index contributed by atoms with van der Waals surface area (Å²) >= 11 is 0. The summed E-state index contributed by atoms with van der Waals surface area (Å²) < 4.78 is 12.8. The van der Waals surface area contributed by atoms with Gasteiger partial charge in [-0.05, 0) is 35.6 Å². The van der Waals surface area contributed by atoms with Crippen LogP contribution >= 0.6 is 0 Å². The molecule has 0 saturated heterocycles. The highest BCUT2D eigenvalue weighted by molar-refractivity contribution is 5.93. The lowest BCUT2D eigenvalue weighted by Gasteiger charge is -2.28. The van der Waals surface area contributed by atoms with Gasteiger partial charge in [0, 0.05) is 11.3 Å². The van der Waals surface area contributed by atoms with Gasteiger partial charge in [0.15, 0.2) is 17.7 Å². The Kier molecular flexibility index (Phi) is 4.31. The minimum Gasteiger partial charge on any atom is -0.469 e. The number of nitrogens with two attached hydrogens (primary N) is 2. The molecule has 2 amide bonds. The number of benzene rings is 2. The van der Waals surface area contributed by atoms with Crippen molar-refractivity contribution in [3.63, 3.8) is 0 Å². The predicted molar refractivity (Wildman–Crippen MR) is 123 cm³/mol. The Balaban J connectivity index is 1.72. The fourth-order valence-electron chi connectivity index (χ4n) is 5.38. The molecule has 2 aromatic carbocycles. The summed E-state index contributed by atoms with van der Waals surface area (Å²) in [7, 11) is 0. The van der Waals surface area contributed by atoms with Crippen molar-refractivity contribution in [2.75, 3.05) is 5.32 Å². The SMILES string of the molecule is CC(C)[C@@H]1NC(=O)[C@@H](N)Cc2ccc3c(c2)C2(c4ccccc4NC2O3)c2oc1nc2C(N)=O. The molecule has 3 aromatic rings. The summed E-state index contributed by atoms with van der Waals surface area (Å²) in [6.45, 7) is 3.87. The summed E-state index contributed by atoms with van der Waals surface area (Å²) in [6.07, 6.45) is -0.229. The number of carbonyl (C=O) groups excluding carboxylic acids is 2. The maximum atomic E-state index is 12.9. The lowest BCUT2D eigenvalue weighted by atomic mass is 9.72. The Morgan fingerprint density at radius 3 is 2.74 bits per heavy atom. The van der Waals surface area contributed by atoms with Crippen molar-refractivity contribution >= 4 is 17.5 Å². The van der Waals surface area contributed by atoms with Crippen molar-refractivity contribution in [1.29, 1.82) is 0 Å². The van der Waals surface area contributed by atoms with Gasteiger partial charge in [-0.3, -0.25) is 9.59 Å². The summed E-state index contributed by atoms with van der Waals surface area (Å²) in [5.74, 6) is 0.0472. The van der Waals surface area contributed by atoms with E-state index in [9.17, 15) is 9.59 Å². The lowest BCUT2D eigenvalue weighted by molar-refractivity contribution is -0.123. The van der Waals surface area contributed by atoms with E-state index in [0.717, 1.165) is 22.4 Å². The Morgan fingerprint density at radius 1 is 1.18 bits per heavy atom. The van der Waals surface area contributed by atoms with E-state index >= 15 is 0 Å². The molecule has 0 fully saturated rings. The first-order chi connectivity index (χ1) is 16.3. The molecule has 174 valence electrons. The fourth-order valence-corrected chi connectivity index (χ4v) is 5.38. The second-order valence-electron chi connectivity index (χ2n) is 9.46. The minimum atomic E-state index is -0.994. The summed E-state index contributed by atoms with van der Waals surface area (Å²) in [4.78, 5) is 30.1. The molecule has 0 saturated carbocycles. The third-order valence-corrected chi connectivity index (χ3v) is 7.00. The van der Waals surface area contributed by atoms with Crippen molar-refractivity contribution in [1.82, 2.24) is 10.3 Å². The van der Waals surface area contributed by atoms with Crippen LogP contribution in [0.25, 0.3) is 0 Å². The van der Waals surface area contributed by atoms with Crippen LogP contribution in [0.15, 0.2) is 46.9 Å². The van der Waals surface area contributed by atoms with Crippen LogP contribution in [0.4, 0.5) is 5.69 Å². The van der Waals surface area contributed by atoms with Crippen molar-refractivity contribution in [2.45, 2.75) is 44.0 Å². The molecule has 3 aliphatic rings. The molecule has 4 atom stereocenters. The van der Waals surface area contributed by atoms with E-state index < -0.39 is 29.6 Å². The number of ether oxygens (including phenoxy) is 1. The van der Waals surface area contributed by atoms with Crippen LogP contribution in [0.2, 0.25) is 0 Å². The zero-order valence-electron chi connectivity index (χ0n) is 18.8. The number of nitrogens with zero attached hydrogens (tertiary/aromatic N) is 1. The number of hydrogen-bond acceptors (Lipinski definition) is 7. The number of primary amides is 1. The Hall–Kier alpha value is -3.85. The van der Waals surface area contributed by atoms with Crippen LogP contribution in [-0.4, -0.2) is 29.1 Å². The van der Waals surface area contributed by atoms with E-state index in [1.54, 1.807) is 0 Å². The van der Waals surface area contributed by atoms with Gasteiger partial charge in [0.25, 0.3) is 5.91 Å².